The number of hydrogen-bond donors (Lipinski definition) is 0. The molecule has 0 heterocycles. The molecule has 11 heavy (non-hydrogen) atoms. The molecule has 0 aliphatic heterocycles. The molecular formula is C6H5F2NO2. The first-order chi connectivity index (χ1) is 5.13. The molecule has 5 heteroatoms. The average molecular weight is 161 g/mol. The van der Waals surface area contributed by atoms with Crippen LogP contribution in [0.5, 0.6) is 0 Å². The van der Waals surface area contributed by atoms with Crippen molar-refractivity contribution >= 4 is 5.97 Å². The lowest BCUT2D eigenvalue weighted by Gasteiger charge is -1.96. The first-order valence-electron chi connectivity index (χ1n) is 2.76. The fourth-order valence-electron chi connectivity index (χ4n) is 0.368. The highest BCUT2D eigenvalue weighted by Gasteiger charge is 2.16. The second-order valence-electron chi connectivity index (χ2n) is 1.47. The highest BCUT2D eigenvalue weighted by Crippen LogP contribution is 2.07. The topological polar surface area (TPSA) is 50.1 Å². The summed E-state index contributed by atoms with van der Waals surface area (Å²) in [5.41, 5.74) is -1.23. The van der Waals surface area contributed by atoms with E-state index in [1.165, 1.54) is 6.92 Å². The molecule has 3 nitrogen and oxygen atoms in total. The first-order valence-corrected chi connectivity index (χ1v) is 2.76. The van der Waals surface area contributed by atoms with E-state index >= 15 is 0 Å². The second kappa shape index (κ2) is 4.39. The average Bonchev–Trinajstić information content (AvgIpc) is 1.88. The Hall–Kier alpha value is -1.44. The lowest BCUT2D eigenvalue weighted by atomic mass is 10.3. The third-order valence-electron chi connectivity index (χ3n) is 0.780. The van der Waals surface area contributed by atoms with Crippen molar-refractivity contribution in [2.45, 2.75) is 6.92 Å². The van der Waals surface area contributed by atoms with Gasteiger partial charge in [0.15, 0.2) is 0 Å². The second-order valence-corrected chi connectivity index (χ2v) is 1.47. The Balaban J connectivity index is 4.45. The molecule has 0 aliphatic rings. The number of esters is 1. The van der Waals surface area contributed by atoms with Crippen LogP contribution < -0.4 is 0 Å². The number of carbonyl (C=O) groups is 1. The van der Waals surface area contributed by atoms with E-state index < -0.39 is 17.6 Å². The molecule has 0 saturated heterocycles. The number of rotatable bonds is 2. The normalized spacial score (nSPS) is 8.18. The van der Waals surface area contributed by atoms with Gasteiger partial charge in [-0.1, -0.05) is 0 Å². The van der Waals surface area contributed by atoms with Crippen LogP contribution in [0.1, 0.15) is 6.92 Å². The highest BCUT2D eigenvalue weighted by atomic mass is 19.3. The van der Waals surface area contributed by atoms with Gasteiger partial charge in [0, 0.05) is 0 Å². The summed E-state index contributed by atoms with van der Waals surface area (Å²) in [6.07, 6.45) is -2.31. The van der Waals surface area contributed by atoms with Gasteiger partial charge in [0.25, 0.3) is 6.08 Å². The summed E-state index contributed by atoms with van der Waals surface area (Å²) in [6, 6.07) is 1.04. The molecule has 0 fully saturated rings. The maximum Gasteiger partial charge on any atom is 0.354 e. The quantitative estimate of drug-likeness (QED) is 0.347. The number of hydrogen-bond acceptors (Lipinski definition) is 3. The number of carbonyl (C=O) groups excluding carboxylic acids is 1. The summed E-state index contributed by atoms with van der Waals surface area (Å²) in [4.78, 5) is 10.4. The van der Waals surface area contributed by atoms with Crippen molar-refractivity contribution in [3.05, 3.63) is 11.7 Å². The van der Waals surface area contributed by atoms with E-state index in [0.29, 0.717) is 0 Å². The van der Waals surface area contributed by atoms with Crippen molar-refractivity contribution in [3.8, 4) is 6.07 Å². The Bertz CT molecular complexity index is 225. The molecule has 60 valence electrons. The Labute approximate surface area is 61.9 Å². The predicted molar refractivity (Wildman–Crippen MR) is 31.5 cm³/mol. The molecule has 0 aliphatic carbocycles. The van der Waals surface area contributed by atoms with Crippen LogP contribution in [0.4, 0.5) is 8.78 Å². The molecule has 0 aromatic rings. The van der Waals surface area contributed by atoms with E-state index in [4.69, 9.17) is 5.26 Å². The van der Waals surface area contributed by atoms with E-state index in [1.807, 2.05) is 0 Å². The van der Waals surface area contributed by atoms with Gasteiger partial charge in [0.1, 0.15) is 6.07 Å². The van der Waals surface area contributed by atoms with E-state index in [-0.39, 0.29) is 6.61 Å². The Morgan fingerprint density at radius 1 is 1.64 bits per heavy atom. The highest BCUT2D eigenvalue weighted by molar-refractivity contribution is 5.92. The lowest BCUT2D eigenvalue weighted by molar-refractivity contribution is -0.138. The van der Waals surface area contributed by atoms with E-state index in [0.717, 1.165) is 6.07 Å². The van der Waals surface area contributed by atoms with E-state index in [2.05, 4.69) is 4.74 Å². The Morgan fingerprint density at radius 3 is 2.45 bits per heavy atom. The summed E-state index contributed by atoms with van der Waals surface area (Å²) in [6.45, 7) is 1.43. The van der Waals surface area contributed by atoms with Gasteiger partial charge < -0.3 is 4.74 Å². The Morgan fingerprint density at radius 2 is 2.18 bits per heavy atom. The monoisotopic (exact) mass is 161 g/mol. The molecule has 0 spiro atoms. The summed E-state index contributed by atoms with van der Waals surface area (Å²) in [5, 5.41) is 8.00. The molecule has 0 unspecified atom stereocenters. The van der Waals surface area contributed by atoms with Gasteiger partial charge in [-0.15, -0.1) is 0 Å². The van der Waals surface area contributed by atoms with Crippen molar-refractivity contribution in [3.63, 3.8) is 0 Å². The van der Waals surface area contributed by atoms with E-state index in [9.17, 15) is 13.6 Å². The van der Waals surface area contributed by atoms with Crippen LogP contribution in [-0.2, 0) is 9.53 Å². The number of nitriles is 1. The van der Waals surface area contributed by atoms with Crippen molar-refractivity contribution in [2.75, 3.05) is 6.61 Å². The van der Waals surface area contributed by atoms with Crippen molar-refractivity contribution in [1.82, 2.24) is 0 Å². The molecule has 0 amide bonds. The number of ether oxygens (including phenoxy) is 1. The smallest absolute Gasteiger partial charge is 0.354 e. The minimum atomic E-state index is -2.31. The van der Waals surface area contributed by atoms with Gasteiger partial charge in [0.05, 0.1) is 6.61 Å². The molecule has 0 bridgehead atoms. The maximum atomic E-state index is 11.6. The summed E-state index contributed by atoms with van der Waals surface area (Å²) < 4.78 is 27.4. The van der Waals surface area contributed by atoms with Crippen LogP contribution >= 0.6 is 0 Å². The zero-order valence-electron chi connectivity index (χ0n) is 5.73. The van der Waals surface area contributed by atoms with Crippen LogP contribution in [0.3, 0.4) is 0 Å². The van der Waals surface area contributed by atoms with Crippen LogP contribution in [0.15, 0.2) is 11.7 Å². The number of nitrogens with zero attached hydrogens (tertiary/aromatic N) is 1. The molecule has 0 atom stereocenters. The minimum Gasteiger partial charge on any atom is -0.462 e. The van der Waals surface area contributed by atoms with Crippen LogP contribution in [0, 0.1) is 11.3 Å². The summed E-state index contributed by atoms with van der Waals surface area (Å²) >= 11 is 0. The Kier molecular flexibility index (Phi) is 3.81. The van der Waals surface area contributed by atoms with Crippen molar-refractivity contribution < 1.29 is 18.3 Å². The SMILES string of the molecule is CCOC(=O)C(C#N)=C(F)F. The fourth-order valence-corrected chi connectivity index (χ4v) is 0.368. The summed E-state index contributed by atoms with van der Waals surface area (Å²) in [7, 11) is 0. The molecule has 0 rings (SSSR count). The van der Waals surface area contributed by atoms with E-state index in [1.54, 1.807) is 0 Å². The van der Waals surface area contributed by atoms with Crippen LogP contribution in [0.25, 0.3) is 0 Å². The van der Waals surface area contributed by atoms with Gasteiger partial charge in [-0.05, 0) is 6.92 Å². The molecule has 0 aromatic heterocycles. The third-order valence-corrected chi connectivity index (χ3v) is 0.780. The van der Waals surface area contributed by atoms with Crippen LogP contribution in [0.2, 0.25) is 0 Å². The zero-order chi connectivity index (χ0) is 8.85. The van der Waals surface area contributed by atoms with Crippen LogP contribution in [-0.4, -0.2) is 12.6 Å². The van der Waals surface area contributed by atoms with Gasteiger partial charge in [-0.2, -0.15) is 14.0 Å². The lowest BCUT2D eigenvalue weighted by Crippen LogP contribution is -2.06. The predicted octanol–water partition coefficient (Wildman–Crippen LogP) is 1.22. The summed E-state index contributed by atoms with van der Waals surface area (Å²) in [5.74, 6) is -1.28. The minimum absolute atomic E-state index is 0.0305. The molecular weight excluding hydrogens is 156 g/mol. The first kappa shape index (κ1) is 9.56. The van der Waals surface area contributed by atoms with Gasteiger partial charge in [0.2, 0.25) is 5.57 Å². The largest absolute Gasteiger partial charge is 0.462 e. The standard InChI is InChI=1S/C6H5F2NO2/c1-2-11-6(10)4(3-9)5(7)8/h2H2,1H3. The molecule has 0 saturated carbocycles. The molecule has 0 N–H and O–H groups in total. The molecule has 0 aromatic carbocycles. The molecule has 0 radical (unpaired) electrons. The zero-order valence-corrected chi connectivity index (χ0v) is 5.73. The number of halogens is 2. The van der Waals surface area contributed by atoms with Gasteiger partial charge >= 0.3 is 5.97 Å². The maximum absolute atomic E-state index is 11.6. The van der Waals surface area contributed by atoms with Gasteiger partial charge in [-0.3, -0.25) is 0 Å². The van der Waals surface area contributed by atoms with Crippen molar-refractivity contribution in [1.29, 1.82) is 5.26 Å². The van der Waals surface area contributed by atoms with Crippen molar-refractivity contribution in [2.24, 2.45) is 0 Å². The fraction of sp³-hybridized carbons (Fsp3) is 0.333. The third kappa shape index (κ3) is 2.76. The van der Waals surface area contributed by atoms with Gasteiger partial charge in [-0.25, -0.2) is 4.79 Å².